The van der Waals surface area contributed by atoms with Crippen molar-refractivity contribution in [1.29, 1.82) is 0 Å². The summed E-state index contributed by atoms with van der Waals surface area (Å²) in [6.45, 7) is 2.41. The highest BCUT2D eigenvalue weighted by Gasteiger charge is 2.13. The van der Waals surface area contributed by atoms with E-state index >= 15 is 0 Å². The summed E-state index contributed by atoms with van der Waals surface area (Å²) >= 11 is 0. The normalized spacial score (nSPS) is 11.1. The Morgan fingerprint density at radius 2 is 1.88 bits per heavy atom. The monoisotopic (exact) mass is 350 g/mol. The van der Waals surface area contributed by atoms with E-state index in [2.05, 4.69) is 5.32 Å². The Morgan fingerprint density at radius 3 is 2.50 bits per heavy atom. The number of halogens is 1. The molecule has 0 aliphatic rings. The summed E-state index contributed by atoms with van der Waals surface area (Å²) in [6, 6.07) is 14.5. The lowest BCUT2D eigenvalue weighted by Crippen LogP contribution is -2.20. The van der Waals surface area contributed by atoms with Gasteiger partial charge in [0, 0.05) is 24.2 Å². The molecule has 0 aliphatic heterocycles. The summed E-state index contributed by atoms with van der Waals surface area (Å²) in [5.41, 5.74) is 7.66. The van der Waals surface area contributed by atoms with E-state index < -0.39 is 0 Å². The quantitative estimate of drug-likeness (QED) is 0.801. The van der Waals surface area contributed by atoms with E-state index in [1.54, 1.807) is 25.3 Å². The molecule has 0 aromatic heterocycles. The van der Waals surface area contributed by atoms with Gasteiger partial charge in [0.2, 0.25) is 5.91 Å². The van der Waals surface area contributed by atoms with Gasteiger partial charge >= 0.3 is 0 Å². The molecule has 2 aromatic carbocycles. The van der Waals surface area contributed by atoms with Gasteiger partial charge in [0.05, 0.1) is 13.7 Å². The second-order valence-corrected chi connectivity index (χ2v) is 5.07. The van der Waals surface area contributed by atoms with Crippen molar-refractivity contribution in [3.05, 3.63) is 54.1 Å². The first kappa shape index (κ1) is 19.8. The number of ether oxygens (including phenoxy) is 2. The van der Waals surface area contributed by atoms with Gasteiger partial charge in [0.25, 0.3) is 0 Å². The summed E-state index contributed by atoms with van der Waals surface area (Å²) in [7, 11) is 1.58. The second-order valence-electron chi connectivity index (χ2n) is 5.07. The van der Waals surface area contributed by atoms with Crippen LogP contribution in [0.4, 0.5) is 5.69 Å². The number of carbonyl (C=O) groups excluding carboxylic acids is 1. The molecule has 1 atom stereocenters. The predicted octanol–water partition coefficient (Wildman–Crippen LogP) is 3.54. The Kier molecular flexibility index (Phi) is 8.09. The highest BCUT2D eigenvalue weighted by molar-refractivity contribution is 5.91. The maximum atomic E-state index is 12.2. The van der Waals surface area contributed by atoms with E-state index in [1.165, 1.54) is 0 Å². The fraction of sp³-hybridized carbons (Fsp3) is 0.278. The van der Waals surface area contributed by atoms with Crippen LogP contribution in [0, 0.1) is 0 Å². The summed E-state index contributed by atoms with van der Waals surface area (Å²) in [4.78, 5) is 12.2. The molecule has 0 radical (unpaired) electrons. The van der Waals surface area contributed by atoms with Gasteiger partial charge < -0.3 is 20.5 Å². The van der Waals surface area contributed by atoms with E-state index in [4.69, 9.17) is 15.2 Å². The average molecular weight is 351 g/mol. The van der Waals surface area contributed by atoms with Crippen LogP contribution in [-0.2, 0) is 4.79 Å². The van der Waals surface area contributed by atoms with Crippen LogP contribution in [0.25, 0.3) is 0 Å². The fourth-order valence-corrected chi connectivity index (χ4v) is 2.25. The van der Waals surface area contributed by atoms with Gasteiger partial charge in [0.15, 0.2) is 11.5 Å². The highest BCUT2D eigenvalue weighted by atomic mass is 35.5. The molecule has 0 spiro atoms. The first-order valence-corrected chi connectivity index (χ1v) is 7.55. The Hall–Kier alpha value is -2.24. The standard InChI is InChI=1S/C18H22N2O3.ClH/c1-3-23-17-11-14(9-10-16(17)22-2)20-18(21)12-15(19)13-7-5-4-6-8-13;/h4-11,15H,3,12,19H2,1-2H3,(H,20,21);1H. The fourth-order valence-electron chi connectivity index (χ4n) is 2.25. The molecule has 24 heavy (non-hydrogen) atoms. The van der Waals surface area contributed by atoms with Crippen molar-refractivity contribution >= 4 is 24.0 Å². The number of nitrogens with one attached hydrogen (secondary N) is 1. The lowest BCUT2D eigenvalue weighted by molar-refractivity contribution is -0.116. The third-order valence-electron chi connectivity index (χ3n) is 3.38. The second kappa shape index (κ2) is 9.80. The van der Waals surface area contributed by atoms with Crippen molar-refractivity contribution in [2.45, 2.75) is 19.4 Å². The Bertz CT molecular complexity index is 650. The van der Waals surface area contributed by atoms with E-state index in [9.17, 15) is 4.79 Å². The lowest BCUT2D eigenvalue weighted by atomic mass is 10.0. The Balaban J connectivity index is 0.00000288. The SMILES string of the molecule is CCOc1cc(NC(=O)CC(N)c2ccccc2)ccc1OC.Cl. The molecule has 2 rings (SSSR count). The molecule has 1 unspecified atom stereocenters. The third kappa shape index (κ3) is 5.44. The number of rotatable bonds is 7. The molecule has 0 fully saturated rings. The number of methoxy groups -OCH3 is 1. The summed E-state index contributed by atoms with van der Waals surface area (Å²) in [5, 5.41) is 2.84. The number of nitrogens with two attached hydrogens (primary N) is 1. The first-order valence-electron chi connectivity index (χ1n) is 7.55. The van der Waals surface area contributed by atoms with Gasteiger partial charge in [-0.15, -0.1) is 12.4 Å². The Morgan fingerprint density at radius 1 is 1.17 bits per heavy atom. The van der Waals surface area contributed by atoms with Crippen LogP contribution in [0.2, 0.25) is 0 Å². The van der Waals surface area contributed by atoms with Gasteiger partial charge in [0.1, 0.15) is 0 Å². The zero-order chi connectivity index (χ0) is 16.7. The van der Waals surface area contributed by atoms with Crippen LogP contribution in [0.1, 0.15) is 24.9 Å². The number of amides is 1. The van der Waals surface area contributed by atoms with Crippen molar-refractivity contribution in [2.75, 3.05) is 19.0 Å². The first-order chi connectivity index (χ1) is 11.1. The minimum absolute atomic E-state index is 0. The molecule has 5 nitrogen and oxygen atoms in total. The van der Waals surface area contributed by atoms with Crippen molar-refractivity contribution < 1.29 is 14.3 Å². The van der Waals surface area contributed by atoms with Crippen LogP contribution in [0.5, 0.6) is 11.5 Å². The topological polar surface area (TPSA) is 73.6 Å². The van der Waals surface area contributed by atoms with Crippen LogP contribution >= 0.6 is 12.4 Å². The van der Waals surface area contributed by atoms with Gasteiger partial charge in [-0.3, -0.25) is 4.79 Å². The predicted molar refractivity (Wildman–Crippen MR) is 98.0 cm³/mol. The zero-order valence-electron chi connectivity index (χ0n) is 13.8. The molecule has 0 bridgehead atoms. The smallest absolute Gasteiger partial charge is 0.226 e. The molecule has 3 N–H and O–H groups in total. The summed E-state index contributed by atoms with van der Waals surface area (Å²) < 4.78 is 10.7. The summed E-state index contributed by atoms with van der Waals surface area (Å²) in [6.07, 6.45) is 0.208. The lowest BCUT2D eigenvalue weighted by Gasteiger charge is -2.14. The zero-order valence-corrected chi connectivity index (χ0v) is 14.6. The van der Waals surface area contributed by atoms with Crippen molar-refractivity contribution in [2.24, 2.45) is 5.73 Å². The van der Waals surface area contributed by atoms with Crippen molar-refractivity contribution in [3.63, 3.8) is 0 Å². The number of carbonyl (C=O) groups is 1. The van der Waals surface area contributed by atoms with Crippen LogP contribution in [0.3, 0.4) is 0 Å². The van der Waals surface area contributed by atoms with Gasteiger partial charge in [-0.2, -0.15) is 0 Å². The molecular formula is C18H23ClN2O3. The number of hydrogen-bond donors (Lipinski definition) is 2. The molecule has 0 aliphatic carbocycles. The minimum atomic E-state index is -0.333. The van der Waals surface area contributed by atoms with E-state index in [-0.39, 0.29) is 30.8 Å². The van der Waals surface area contributed by atoms with Gasteiger partial charge in [-0.05, 0) is 24.6 Å². The molecular weight excluding hydrogens is 328 g/mol. The molecule has 2 aromatic rings. The molecule has 130 valence electrons. The number of anilines is 1. The maximum absolute atomic E-state index is 12.2. The Labute approximate surface area is 148 Å². The van der Waals surface area contributed by atoms with E-state index in [0.717, 1.165) is 5.56 Å². The molecule has 0 heterocycles. The number of benzene rings is 2. The third-order valence-corrected chi connectivity index (χ3v) is 3.38. The largest absolute Gasteiger partial charge is 0.493 e. The average Bonchev–Trinajstić information content (AvgIpc) is 2.56. The molecule has 0 saturated carbocycles. The van der Waals surface area contributed by atoms with Crippen molar-refractivity contribution in [1.82, 2.24) is 0 Å². The van der Waals surface area contributed by atoms with E-state index in [1.807, 2.05) is 37.3 Å². The highest BCUT2D eigenvalue weighted by Crippen LogP contribution is 2.30. The molecule has 0 saturated heterocycles. The van der Waals surface area contributed by atoms with E-state index in [0.29, 0.717) is 23.8 Å². The van der Waals surface area contributed by atoms with Gasteiger partial charge in [-0.1, -0.05) is 30.3 Å². The van der Waals surface area contributed by atoms with Crippen LogP contribution in [0.15, 0.2) is 48.5 Å². The van der Waals surface area contributed by atoms with Crippen LogP contribution < -0.4 is 20.5 Å². The molecule has 1 amide bonds. The van der Waals surface area contributed by atoms with Gasteiger partial charge in [-0.25, -0.2) is 0 Å². The van der Waals surface area contributed by atoms with Crippen molar-refractivity contribution in [3.8, 4) is 11.5 Å². The molecule has 6 heteroatoms. The maximum Gasteiger partial charge on any atom is 0.226 e. The minimum Gasteiger partial charge on any atom is -0.493 e. The summed E-state index contributed by atoms with van der Waals surface area (Å²) in [5.74, 6) is 1.08. The number of hydrogen-bond acceptors (Lipinski definition) is 4. The van der Waals surface area contributed by atoms with Crippen LogP contribution in [-0.4, -0.2) is 19.6 Å².